The first-order chi connectivity index (χ1) is 16.1. The summed E-state index contributed by atoms with van der Waals surface area (Å²) in [6.45, 7) is 3.66. The van der Waals surface area contributed by atoms with Crippen LogP contribution in [-0.4, -0.2) is 38.9 Å². The van der Waals surface area contributed by atoms with Crippen molar-refractivity contribution in [2.75, 3.05) is 12.4 Å². The van der Waals surface area contributed by atoms with Crippen molar-refractivity contribution in [2.24, 2.45) is 0 Å². The number of rotatable bonds is 7. The van der Waals surface area contributed by atoms with Gasteiger partial charge < -0.3 is 10.1 Å². The topological polar surface area (TPSA) is 86.1 Å². The zero-order valence-corrected chi connectivity index (χ0v) is 19.9. The van der Waals surface area contributed by atoms with Gasteiger partial charge in [0, 0.05) is 24.7 Å². The van der Waals surface area contributed by atoms with Crippen molar-refractivity contribution in [3.63, 3.8) is 0 Å². The Labute approximate surface area is 199 Å². The van der Waals surface area contributed by atoms with Gasteiger partial charge in [-0.3, -0.25) is 14.2 Å². The minimum Gasteiger partial charge on any atom is -0.376 e. The quantitative estimate of drug-likeness (QED) is 0.319. The van der Waals surface area contributed by atoms with E-state index in [-0.39, 0.29) is 23.3 Å². The molecule has 33 heavy (non-hydrogen) atoms. The van der Waals surface area contributed by atoms with Gasteiger partial charge in [-0.05, 0) is 37.5 Å². The van der Waals surface area contributed by atoms with Crippen LogP contribution in [0.2, 0.25) is 0 Å². The molecule has 1 N–H and O–H groups in total. The summed E-state index contributed by atoms with van der Waals surface area (Å²) >= 11 is 2.65. The summed E-state index contributed by atoms with van der Waals surface area (Å²) in [5.41, 5.74) is 2.79. The van der Waals surface area contributed by atoms with E-state index in [4.69, 9.17) is 9.72 Å². The van der Waals surface area contributed by atoms with Gasteiger partial charge in [0.1, 0.15) is 9.53 Å². The van der Waals surface area contributed by atoms with Crippen LogP contribution in [0, 0.1) is 6.92 Å². The van der Waals surface area contributed by atoms with Crippen molar-refractivity contribution in [2.45, 2.75) is 44.1 Å². The van der Waals surface area contributed by atoms with Gasteiger partial charge in [0.15, 0.2) is 5.16 Å². The number of fused-ring (bicyclic) bond motifs is 3. The minimum absolute atomic E-state index is 0.0100. The molecule has 1 fully saturated rings. The van der Waals surface area contributed by atoms with Gasteiger partial charge in [-0.2, -0.15) is 0 Å². The van der Waals surface area contributed by atoms with Gasteiger partial charge in [0.25, 0.3) is 5.56 Å². The molecule has 1 saturated heterocycles. The zero-order valence-electron chi connectivity index (χ0n) is 18.2. The van der Waals surface area contributed by atoms with Gasteiger partial charge in [0.2, 0.25) is 5.91 Å². The number of carbonyl (C=O) groups is 1. The molecular weight excluding hydrogens is 456 g/mol. The molecule has 170 valence electrons. The highest BCUT2D eigenvalue weighted by Gasteiger charge is 2.22. The van der Waals surface area contributed by atoms with E-state index >= 15 is 0 Å². The number of aromatic nitrogens is 3. The first-order valence-corrected chi connectivity index (χ1v) is 12.7. The highest BCUT2D eigenvalue weighted by molar-refractivity contribution is 7.99. The van der Waals surface area contributed by atoms with E-state index < -0.39 is 0 Å². The monoisotopic (exact) mass is 480 g/mol. The van der Waals surface area contributed by atoms with E-state index in [1.807, 2.05) is 43.3 Å². The Kier molecular flexibility index (Phi) is 6.43. The molecule has 4 aromatic rings. The molecule has 1 atom stereocenters. The SMILES string of the molecule is Cc1ccc(CNC(=O)CSc2nc3c(sc4ncccc43)c(=O)n2C[C@H]2CCCO2)cc1. The second-order valence-electron chi connectivity index (χ2n) is 8.13. The molecule has 4 heterocycles. The average molecular weight is 481 g/mol. The number of benzene rings is 1. The van der Waals surface area contributed by atoms with E-state index in [1.165, 1.54) is 28.7 Å². The zero-order chi connectivity index (χ0) is 22.8. The van der Waals surface area contributed by atoms with E-state index in [2.05, 4.69) is 10.3 Å². The summed E-state index contributed by atoms with van der Waals surface area (Å²) in [6, 6.07) is 11.8. The van der Waals surface area contributed by atoms with Crippen LogP contribution >= 0.6 is 23.1 Å². The molecule has 1 aliphatic rings. The molecule has 1 aromatic carbocycles. The fourth-order valence-corrected chi connectivity index (χ4v) is 5.75. The van der Waals surface area contributed by atoms with Gasteiger partial charge in [0.05, 0.1) is 23.9 Å². The fourth-order valence-electron chi connectivity index (χ4n) is 3.89. The molecule has 0 unspecified atom stereocenters. The largest absolute Gasteiger partial charge is 0.376 e. The summed E-state index contributed by atoms with van der Waals surface area (Å²) in [5, 5.41) is 4.35. The molecule has 1 amide bonds. The summed E-state index contributed by atoms with van der Waals surface area (Å²) in [7, 11) is 0. The van der Waals surface area contributed by atoms with E-state index in [1.54, 1.807) is 10.8 Å². The lowest BCUT2D eigenvalue weighted by atomic mass is 10.1. The summed E-state index contributed by atoms with van der Waals surface area (Å²) in [6.07, 6.45) is 3.62. The Hall–Kier alpha value is -2.75. The van der Waals surface area contributed by atoms with Crippen LogP contribution in [0.1, 0.15) is 24.0 Å². The fraction of sp³-hybridized carbons (Fsp3) is 0.333. The van der Waals surface area contributed by atoms with Crippen LogP contribution in [0.5, 0.6) is 0 Å². The van der Waals surface area contributed by atoms with Crippen molar-refractivity contribution in [3.05, 3.63) is 64.1 Å². The Morgan fingerprint density at radius 2 is 2.15 bits per heavy atom. The van der Waals surface area contributed by atoms with Crippen molar-refractivity contribution >= 4 is 49.4 Å². The molecule has 9 heteroatoms. The molecule has 0 spiro atoms. The summed E-state index contributed by atoms with van der Waals surface area (Å²) in [5.74, 6) is 0.0748. The number of thiophene rings is 1. The molecule has 0 saturated carbocycles. The molecule has 0 radical (unpaired) electrons. The first-order valence-electron chi connectivity index (χ1n) is 10.9. The number of ether oxygens (including phenoxy) is 1. The number of nitrogens with zero attached hydrogens (tertiary/aromatic N) is 3. The predicted octanol–water partition coefficient (Wildman–Crippen LogP) is 3.90. The number of carbonyl (C=O) groups excluding carboxylic acids is 1. The first kappa shape index (κ1) is 22.1. The van der Waals surface area contributed by atoms with Gasteiger partial charge in [-0.15, -0.1) is 11.3 Å². The number of amides is 1. The maximum atomic E-state index is 13.4. The maximum Gasteiger partial charge on any atom is 0.272 e. The standard InChI is InChI=1S/C24H24N4O3S2/c1-15-6-8-16(9-7-15)12-26-19(29)14-32-24-27-20-18-5-2-10-25-22(18)33-21(20)23(30)28(24)13-17-4-3-11-31-17/h2,5-10,17H,3-4,11-14H2,1H3,(H,26,29)/t17-/m1/s1. The van der Waals surface area contributed by atoms with Gasteiger partial charge in [-0.1, -0.05) is 41.6 Å². The van der Waals surface area contributed by atoms with Crippen LogP contribution in [0.25, 0.3) is 20.4 Å². The lowest BCUT2D eigenvalue weighted by Gasteiger charge is -2.15. The van der Waals surface area contributed by atoms with Crippen molar-refractivity contribution in [1.82, 2.24) is 19.9 Å². The van der Waals surface area contributed by atoms with Crippen LogP contribution in [-0.2, 0) is 22.6 Å². The number of hydrogen-bond acceptors (Lipinski definition) is 7. The van der Waals surface area contributed by atoms with E-state index in [0.717, 1.165) is 28.6 Å². The van der Waals surface area contributed by atoms with E-state index in [0.29, 0.717) is 35.1 Å². The van der Waals surface area contributed by atoms with Crippen LogP contribution < -0.4 is 10.9 Å². The Bertz CT molecular complexity index is 1360. The lowest BCUT2D eigenvalue weighted by molar-refractivity contribution is -0.118. The highest BCUT2D eigenvalue weighted by atomic mass is 32.2. The molecule has 0 aliphatic carbocycles. The molecule has 5 rings (SSSR count). The van der Waals surface area contributed by atoms with Crippen molar-refractivity contribution < 1.29 is 9.53 Å². The van der Waals surface area contributed by atoms with Crippen LogP contribution in [0.3, 0.4) is 0 Å². The number of hydrogen-bond donors (Lipinski definition) is 1. The smallest absolute Gasteiger partial charge is 0.272 e. The van der Waals surface area contributed by atoms with Crippen molar-refractivity contribution in [1.29, 1.82) is 0 Å². The van der Waals surface area contributed by atoms with Crippen molar-refractivity contribution in [3.8, 4) is 0 Å². The summed E-state index contributed by atoms with van der Waals surface area (Å²) < 4.78 is 8.04. The molecule has 1 aliphatic heterocycles. The number of nitrogens with one attached hydrogen (secondary N) is 1. The van der Waals surface area contributed by atoms with E-state index in [9.17, 15) is 9.59 Å². The third-order valence-electron chi connectivity index (χ3n) is 5.67. The van der Waals surface area contributed by atoms with Gasteiger partial charge >= 0.3 is 0 Å². The Morgan fingerprint density at radius 3 is 2.94 bits per heavy atom. The number of pyridine rings is 1. The van der Waals surface area contributed by atoms with Crippen LogP contribution in [0.4, 0.5) is 0 Å². The third kappa shape index (κ3) is 4.80. The number of thioether (sulfide) groups is 1. The average Bonchev–Trinajstić information content (AvgIpc) is 3.47. The molecule has 3 aromatic heterocycles. The normalized spacial score (nSPS) is 16.0. The second kappa shape index (κ2) is 9.62. The van der Waals surface area contributed by atoms with Gasteiger partial charge in [-0.25, -0.2) is 9.97 Å². The summed E-state index contributed by atoms with van der Waals surface area (Å²) in [4.78, 5) is 36.0. The molecule has 0 bridgehead atoms. The predicted molar refractivity (Wildman–Crippen MR) is 132 cm³/mol. The number of aryl methyl sites for hydroxylation is 1. The lowest BCUT2D eigenvalue weighted by Crippen LogP contribution is -2.29. The maximum absolute atomic E-state index is 13.4. The van der Waals surface area contributed by atoms with Crippen LogP contribution in [0.15, 0.2) is 52.5 Å². The third-order valence-corrected chi connectivity index (χ3v) is 7.74. The Morgan fingerprint density at radius 1 is 1.30 bits per heavy atom. The highest BCUT2D eigenvalue weighted by Crippen LogP contribution is 2.30. The molecular formula is C24H24N4O3S2. The minimum atomic E-state index is -0.101. The second-order valence-corrected chi connectivity index (χ2v) is 10.1. The molecule has 7 nitrogen and oxygen atoms in total. The Balaban J connectivity index is 1.39.